The summed E-state index contributed by atoms with van der Waals surface area (Å²) in [6.45, 7) is 3.68. The van der Waals surface area contributed by atoms with Gasteiger partial charge in [-0.25, -0.2) is 0 Å². The molecule has 5 nitrogen and oxygen atoms in total. The van der Waals surface area contributed by atoms with Crippen molar-refractivity contribution in [3.8, 4) is 0 Å². The zero-order chi connectivity index (χ0) is 16.7. The van der Waals surface area contributed by atoms with Crippen LogP contribution in [0.4, 0.5) is 0 Å². The minimum atomic E-state index is -0.710. The summed E-state index contributed by atoms with van der Waals surface area (Å²) in [5.41, 5.74) is 0. The van der Waals surface area contributed by atoms with Crippen LogP contribution in [0.5, 0.6) is 0 Å². The number of aliphatic hydroxyl groups is 1. The fraction of sp³-hybridized carbons (Fsp3) is 0.722. The minimum Gasteiger partial charge on any atom is -0.467 e. The summed E-state index contributed by atoms with van der Waals surface area (Å²) in [6.07, 6.45) is 7.97. The summed E-state index contributed by atoms with van der Waals surface area (Å²) < 4.78 is 11.1. The van der Waals surface area contributed by atoms with Crippen molar-refractivity contribution in [3.05, 3.63) is 24.2 Å². The zero-order valence-corrected chi connectivity index (χ0v) is 14.2. The molecular weight excluding hydrogens is 294 g/mol. The molecule has 0 spiro atoms. The highest BCUT2D eigenvalue weighted by molar-refractivity contribution is 5.80. The van der Waals surface area contributed by atoms with E-state index in [2.05, 4.69) is 5.32 Å². The number of furan rings is 1. The van der Waals surface area contributed by atoms with E-state index in [1.54, 1.807) is 19.1 Å². The predicted molar refractivity (Wildman–Crippen MR) is 87.9 cm³/mol. The Bertz CT molecular complexity index is 452. The molecule has 1 fully saturated rings. The van der Waals surface area contributed by atoms with Gasteiger partial charge in [0.05, 0.1) is 12.4 Å². The number of aliphatic hydroxyl groups excluding tert-OH is 1. The number of hydrogen-bond donors (Lipinski definition) is 2. The molecule has 0 aliphatic heterocycles. The van der Waals surface area contributed by atoms with E-state index in [-0.39, 0.29) is 18.1 Å². The molecule has 0 aromatic carbocycles. The van der Waals surface area contributed by atoms with Crippen molar-refractivity contribution in [2.75, 3.05) is 0 Å². The lowest BCUT2D eigenvalue weighted by Crippen LogP contribution is -2.41. The number of carbonyl (C=O) groups excluding carboxylic acids is 1. The first-order valence-electron chi connectivity index (χ1n) is 8.73. The van der Waals surface area contributed by atoms with Gasteiger partial charge in [-0.1, -0.05) is 25.7 Å². The third-order valence-electron chi connectivity index (χ3n) is 4.41. The van der Waals surface area contributed by atoms with Crippen molar-refractivity contribution in [2.45, 2.75) is 83.1 Å². The van der Waals surface area contributed by atoms with Crippen LogP contribution in [0.3, 0.4) is 0 Å². The molecular formula is C18H29NO4. The molecule has 3 unspecified atom stereocenters. The van der Waals surface area contributed by atoms with E-state index in [1.807, 2.05) is 6.92 Å². The zero-order valence-electron chi connectivity index (χ0n) is 14.2. The van der Waals surface area contributed by atoms with Gasteiger partial charge in [0.25, 0.3) is 0 Å². The van der Waals surface area contributed by atoms with Crippen LogP contribution in [-0.2, 0) is 9.53 Å². The van der Waals surface area contributed by atoms with Crippen molar-refractivity contribution in [2.24, 2.45) is 0 Å². The van der Waals surface area contributed by atoms with E-state index < -0.39 is 12.2 Å². The molecule has 0 saturated heterocycles. The number of nitrogens with one attached hydrogen (secondary N) is 1. The summed E-state index contributed by atoms with van der Waals surface area (Å²) in [6, 6.07) is 3.32. The van der Waals surface area contributed by atoms with Crippen LogP contribution in [0.25, 0.3) is 0 Å². The van der Waals surface area contributed by atoms with Gasteiger partial charge in [-0.3, -0.25) is 4.79 Å². The Balaban J connectivity index is 1.73. The summed E-state index contributed by atoms with van der Waals surface area (Å²) in [7, 11) is 0. The fourth-order valence-electron chi connectivity index (χ4n) is 3.08. The molecule has 1 aromatic rings. The molecule has 1 aliphatic rings. The highest BCUT2D eigenvalue weighted by Gasteiger charge is 2.23. The Morgan fingerprint density at radius 3 is 2.65 bits per heavy atom. The van der Waals surface area contributed by atoms with Gasteiger partial charge in [-0.15, -0.1) is 0 Å². The third kappa shape index (κ3) is 5.99. The largest absolute Gasteiger partial charge is 0.467 e. The van der Waals surface area contributed by atoms with Crippen molar-refractivity contribution in [3.63, 3.8) is 0 Å². The molecule has 0 bridgehead atoms. The highest BCUT2D eigenvalue weighted by Crippen LogP contribution is 2.21. The first-order chi connectivity index (χ1) is 11.1. The Kier molecular flexibility index (Phi) is 7.12. The van der Waals surface area contributed by atoms with E-state index in [9.17, 15) is 9.90 Å². The predicted octanol–water partition coefficient (Wildman–Crippen LogP) is 3.34. The molecule has 2 N–H and O–H groups in total. The Hall–Kier alpha value is -1.33. The van der Waals surface area contributed by atoms with Crippen LogP contribution in [0.2, 0.25) is 0 Å². The monoisotopic (exact) mass is 323 g/mol. The number of hydrogen-bond acceptors (Lipinski definition) is 4. The summed E-state index contributed by atoms with van der Waals surface area (Å²) in [5.74, 6) is 0.405. The summed E-state index contributed by atoms with van der Waals surface area (Å²) >= 11 is 0. The van der Waals surface area contributed by atoms with Crippen molar-refractivity contribution < 1.29 is 19.1 Å². The van der Waals surface area contributed by atoms with Gasteiger partial charge in [0, 0.05) is 12.5 Å². The molecule has 1 amide bonds. The van der Waals surface area contributed by atoms with Crippen LogP contribution >= 0.6 is 0 Å². The molecule has 23 heavy (non-hydrogen) atoms. The lowest BCUT2D eigenvalue weighted by Gasteiger charge is -2.23. The molecule has 2 rings (SSSR count). The Morgan fingerprint density at radius 1 is 1.35 bits per heavy atom. The molecule has 5 heteroatoms. The molecule has 3 atom stereocenters. The quantitative estimate of drug-likeness (QED) is 0.755. The minimum absolute atomic E-state index is 0.117. The second-order valence-corrected chi connectivity index (χ2v) is 6.57. The van der Waals surface area contributed by atoms with Gasteiger partial charge in [0.2, 0.25) is 5.91 Å². The lowest BCUT2D eigenvalue weighted by molar-refractivity contribution is -0.136. The maximum atomic E-state index is 12.2. The molecule has 1 aliphatic carbocycles. The van der Waals surface area contributed by atoms with Crippen molar-refractivity contribution in [1.82, 2.24) is 5.32 Å². The van der Waals surface area contributed by atoms with Gasteiger partial charge in [0.15, 0.2) is 0 Å². The van der Waals surface area contributed by atoms with E-state index in [4.69, 9.17) is 9.15 Å². The van der Waals surface area contributed by atoms with E-state index >= 15 is 0 Å². The Labute approximate surface area is 138 Å². The maximum Gasteiger partial charge on any atom is 0.249 e. The van der Waals surface area contributed by atoms with Crippen LogP contribution in [0, 0.1) is 0 Å². The average Bonchev–Trinajstić information content (AvgIpc) is 2.93. The van der Waals surface area contributed by atoms with Gasteiger partial charge in [0.1, 0.15) is 18.0 Å². The van der Waals surface area contributed by atoms with Crippen molar-refractivity contribution in [1.29, 1.82) is 0 Å². The highest BCUT2D eigenvalue weighted by atomic mass is 16.5. The van der Waals surface area contributed by atoms with Crippen LogP contribution in [0.1, 0.15) is 70.7 Å². The number of amides is 1. The molecule has 130 valence electrons. The van der Waals surface area contributed by atoms with Crippen LogP contribution in [-0.4, -0.2) is 29.3 Å². The van der Waals surface area contributed by atoms with E-state index in [1.165, 1.54) is 31.9 Å². The lowest BCUT2D eigenvalue weighted by atomic mass is 10.1. The summed E-state index contributed by atoms with van der Waals surface area (Å²) in [5, 5.41) is 13.0. The van der Waals surface area contributed by atoms with E-state index in [0.717, 1.165) is 12.8 Å². The smallest absolute Gasteiger partial charge is 0.249 e. The van der Waals surface area contributed by atoms with Crippen LogP contribution < -0.4 is 5.32 Å². The fourth-order valence-corrected chi connectivity index (χ4v) is 3.08. The second kappa shape index (κ2) is 9.08. The van der Waals surface area contributed by atoms with Gasteiger partial charge in [-0.2, -0.15) is 0 Å². The average molecular weight is 323 g/mol. The van der Waals surface area contributed by atoms with Gasteiger partial charge < -0.3 is 19.6 Å². The number of rotatable bonds is 7. The standard InChI is InChI=1S/C18H29NO4/c1-13(12-16(20)17-10-7-11-22-17)19-18(21)14(2)23-15-8-5-3-4-6-9-15/h7,10-11,13-16,20H,3-6,8-9,12H2,1-2H3,(H,19,21). The second-order valence-electron chi connectivity index (χ2n) is 6.57. The number of carbonyl (C=O) groups is 1. The third-order valence-corrected chi connectivity index (χ3v) is 4.41. The first-order valence-corrected chi connectivity index (χ1v) is 8.73. The summed E-state index contributed by atoms with van der Waals surface area (Å²) in [4.78, 5) is 12.2. The number of ether oxygens (including phenoxy) is 1. The van der Waals surface area contributed by atoms with Gasteiger partial charge >= 0.3 is 0 Å². The SMILES string of the molecule is CC(CC(O)c1ccco1)NC(=O)C(C)OC1CCCCCC1. The molecule has 1 heterocycles. The molecule has 0 radical (unpaired) electrons. The van der Waals surface area contributed by atoms with Crippen molar-refractivity contribution >= 4 is 5.91 Å². The van der Waals surface area contributed by atoms with E-state index in [0.29, 0.717) is 12.2 Å². The normalized spacial score (nSPS) is 20.5. The maximum absolute atomic E-state index is 12.2. The van der Waals surface area contributed by atoms with Gasteiger partial charge in [-0.05, 0) is 38.8 Å². The first kappa shape index (κ1) is 18.0. The molecule has 1 saturated carbocycles. The molecule has 1 aromatic heterocycles. The Morgan fingerprint density at radius 2 is 2.04 bits per heavy atom. The topological polar surface area (TPSA) is 71.7 Å². The van der Waals surface area contributed by atoms with Crippen LogP contribution in [0.15, 0.2) is 22.8 Å².